The number of nitrogens with zero attached hydrogens (tertiary/aromatic N) is 3. The van der Waals surface area contributed by atoms with E-state index in [9.17, 15) is 14.0 Å². The summed E-state index contributed by atoms with van der Waals surface area (Å²) in [6.07, 6.45) is 0. The summed E-state index contributed by atoms with van der Waals surface area (Å²) < 4.78 is 19.3. The maximum absolute atomic E-state index is 14.1. The maximum atomic E-state index is 14.1. The van der Waals surface area contributed by atoms with Crippen LogP contribution < -0.4 is 20.3 Å². The van der Waals surface area contributed by atoms with Crippen molar-refractivity contribution in [2.24, 2.45) is 0 Å². The number of carbonyl (C=O) groups excluding carboxylic acids is 2. The number of benzene rings is 2. The first-order valence-corrected chi connectivity index (χ1v) is 11.2. The second kappa shape index (κ2) is 9.86. The Balaban J connectivity index is 1.37. The number of ether oxygens (including phenoxy) is 1. The van der Waals surface area contributed by atoms with Crippen molar-refractivity contribution in [3.8, 4) is 5.75 Å². The maximum Gasteiger partial charge on any atom is 0.325 e. The number of thiazole rings is 1. The Morgan fingerprint density at radius 3 is 2.45 bits per heavy atom. The summed E-state index contributed by atoms with van der Waals surface area (Å²) in [6, 6.07) is 13.2. The summed E-state index contributed by atoms with van der Waals surface area (Å²) in [5.74, 6) is 0.127. The zero-order valence-electron chi connectivity index (χ0n) is 18.3. The minimum Gasteiger partial charge on any atom is -0.495 e. The molecule has 0 atom stereocenters. The highest BCUT2D eigenvalue weighted by molar-refractivity contribution is 7.17. The molecule has 2 N–H and O–H groups in total. The summed E-state index contributed by atoms with van der Waals surface area (Å²) in [7, 11) is 1.52. The molecule has 1 saturated heterocycles. The molecule has 1 aliphatic rings. The monoisotopic (exact) mass is 469 g/mol. The van der Waals surface area contributed by atoms with Gasteiger partial charge in [0.1, 0.15) is 16.4 Å². The van der Waals surface area contributed by atoms with E-state index in [0.29, 0.717) is 59.0 Å². The van der Waals surface area contributed by atoms with E-state index < -0.39 is 6.03 Å². The number of hydrogen-bond acceptors (Lipinski definition) is 6. The van der Waals surface area contributed by atoms with Crippen molar-refractivity contribution in [1.82, 2.24) is 9.88 Å². The van der Waals surface area contributed by atoms with Gasteiger partial charge in [0.05, 0.1) is 24.2 Å². The van der Waals surface area contributed by atoms with E-state index in [2.05, 4.69) is 15.6 Å². The molecule has 3 amide bonds. The summed E-state index contributed by atoms with van der Waals surface area (Å²) in [5.41, 5.74) is 1.62. The van der Waals surface area contributed by atoms with E-state index in [1.165, 1.54) is 13.2 Å². The van der Waals surface area contributed by atoms with Crippen molar-refractivity contribution in [2.75, 3.05) is 48.8 Å². The Hall–Kier alpha value is -3.66. The van der Waals surface area contributed by atoms with Crippen molar-refractivity contribution in [3.05, 3.63) is 64.9 Å². The molecular weight excluding hydrogens is 445 g/mol. The van der Waals surface area contributed by atoms with Crippen LogP contribution in [0.4, 0.5) is 25.7 Å². The molecule has 2 aromatic carbocycles. The molecule has 1 fully saturated rings. The van der Waals surface area contributed by atoms with Gasteiger partial charge in [0.25, 0.3) is 5.91 Å². The number of urea groups is 1. The van der Waals surface area contributed by atoms with E-state index in [0.717, 1.165) is 11.3 Å². The topological polar surface area (TPSA) is 86.8 Å². The van der Waals surface area contributed by atoms with E-state index in [4.69, 9.17) is 4.74 Å². The van der Waals surface area contributed by atoms with Crippen LogP contribution in [-0.4, -0.2) is 55.1 Å². The van der Waals surface area contributed by atoms with Gasteiger partial charge < -0.3 is 19.9 Å². The number of halogens is 1. The fraction of sp³-hybridized carbons (Fsp3) is 0.261. The lowest BCUT2D eigenvalue weighted by atomic mass is 10.2. The molecule has 0 radical (unpaired) electrons. The van der Waals surface area contributed by atoms with Crippen molar-refractivity contribution in [2.45, 2.75) is 6.92 Å². The molecule has 1 aliphatic heterocycles. The van der Waals surface area contributed by atoms with Gasteiger partial charge >= 0.3 is 6.03 Å². The average Bonchev–Trinajstić information content (AvgIpc) is 3.19. The van der Waals surface area contributed by atoms with Gasteiger partial charge in [0.2, 0.25) is 0 Å². The number of rotatable bonds is 5. The molecule has 0 unspecified atom stereocenters. The Morgan fingerprint density at radius 2 is 1.73 bits per heavy atom. The highest BCUT2D eigenvalue weighted by atomic mass is 32.1. The SMILES string of the molecule is COc1ccccc1NC(=O)Nc1nc(C)c(C(=O)N2CCN(c3ccccc3F)CC2)s1. The van der Waals surface area contributed by atoms with E-state index >= 15 is 0 Å². The summed E-state index contributed by atoms with van der Waals surface area (Å²) in [5, 5.41) is 5.72. The summed E-state index contributed by atoms with van der Waals surface area (Å²) in [4.78, 5) is 33.9. The Kier molecular flexibility index (Phi) is 6.74. The van der Waals surface area contributed by atoms with Gasteiger partial charge in [0.15, 0.2) is 5.13 Å². The second-order valence-electron chi connectivity index (χ2n) is 7.44. The van der Waals surface area contributed by atoms with Crippen molar-refractivity contribution in [3.63, 3.8) is 0 Å². The van der Waals surface area contributed by atoms with Crippen LogP contribution in [0.5, 0.6) is 5.75 Å². The molecular formula is C23H24FN5O3S. The Morgan fingerprint density at radius 1 is 1.03 bits per heavy atom. The standard InChI is InChI=1S/C23H24FN5O3S/c1-15-20(21(30)29-13-11-28(12-14-29)18-9-5-3-7-16(18)24)33-23(25-15)27-22(31)26-17-8-4-6-10-19(17)32-2/h3-10H,11-14H2,1-2H3,(H2,25,26,27,31). The van der Waals surface area contributed by atoms with Gasteiger partial charge in [-0.15, -0.1) is 0 Å². The third-order valence-corrected chi connectivity index (χ3v) is 6.39. The van der Waals surface area contributed by atoms with Gasteiger partial charge in [-0.1, -0.05) is 35.6 Å². The largest absolute Gasteiger partial charge is 0.495 e. The average molecular weight is 470 g/mol. The first-order chi connectivity index (χ1) is 16.0. The molecule has 0 spiro atoms. The summed E-state index contributed by atoms with van der Waals surface area (Å²) >= 11 is 1.13. The number of aryl methyl sites for hydroxylation is 1. The lowest BCUT2D eigenvalue weighted by Crippen LogP contribution is -2.49. The Bertz CT molecular complexity index is 1160. The third-order valence-electron chi connectivity index (χ3n) is 5.33. The van der Waals surface area contributed by atoms with Gasteiger partial charge in [0, 0.05) is 26.2 Å². The number of hydrogen-bond donors (Lipinski definition) is 2. The number of carbonyl (C=O) groups is 2. The third kappa shape index (κ3) is 5.06. The quantitative estimate of drug-likeness (QED) is 0.585. The minimum absolute atomic E-state index is 0.142. The number of para-hydroxylation sites is 3. The molecule has 4 rings (SSSR count). The van der Waals surface area contributed by atoms with E-state index in [-0.39, 0.29) is 11.7 Å². The molecule has 0 saturated carbocycles. The fourth-order valence-corrected chi connectivity index (χ4v) is 4.58. The van der Waals surface area contributed by atoms with Crippen molar-refractivity contribution >= 4 is 39.8 Å². The first kappa shape index (κ1) is 22.5. The molecule has 10 heteroatoms. The number of amides is 3. The summed E-state index contributed by atoms with van der Waals surface area (Å²) in [6.45, 7) is 3.76. The van der Waals surface area contributed by atoms with Crippen LogP contribution in [0.15, 0.2) is 48.5 Å². The minimum atomic E-state index is -0.481. The van der Waals surface area contributed by atoms with Gasteiger partial charge in [-0.25, -0.2) is 14.2 Å². The van der Waals surface area contributed by atoms with Crippen LogP contribution in [-0.2, 0) is 0 Å². The van der Waals surface area contributed by atoms with Crippen LogP contribution in [0.2, 0.25) is 0 Å². The van der Waals surface area contributed by atoms with Crippen LogP contribution in [0.3, 0.4) is 0 Å². The number of nitrogens with one attached hydrogen (secondary N) is 2. The van der Waals surface area contributed by atoms with Gasteiger partial charge in [-0.05, 0) is 31.2 Å². The lowest BCUT2D eigenvalue weighted by Gasteiger charge is -2.36. The molecule has 172 valence electrons. The van der Waals surface area contributed by atoms with Crippen LogP contribution in [0.1, 0.15) is 15.4 Å². The van der Waals surface area contributed by atoms with Crippen LogP contribution in [0.25, 0.3) is 0 Å². The number of anilines is 3. The second-order valence-corrected chi connectivity index (χ2v) is 8.44. The molecule has 0 aliphatic carbocycles. The Labute approximate surface area is 195 Å². The number of methoxy groups -OCH3 is 1. The van der Waals surface area contributed by atoms with Crippen molar-refractivity contribution in [1.29, 1.82) is 0 Å². The zero-order chi connectivity index (χ0) is 23.4. The first-order valence-electron chi connectivity index (χ1n) is 10.4. The lowest BCUT2D eigenvalue weighted by molar-refractivity contribution is 0.0750. The van der Waals surface area contributed by atoms with Gasteiger partial charge in [-0.2, -0.15) is 0 Å². The predicted molar refractivity (Wildman–Crippen MR) is 127 cm³/mol. The van der Waals surface area contributed by atoms with Gasteiger partial charge in [-0.3, -0.25) is 10.1 Å². The highest BCUT2D eigenvalue weighted by Crippen LogP contribution is 2.27. The van der Waals surface area contributed by atoms with Crippen LogP contribution >= 0.6 is 11.3 Å². The fourth-order valence-electron chi connectivity index (χ4n) is 3.65. The van der Waals surface area contributed by atoms with E-state index in [1.54, 1.807) is 54.3 Å². The molecule has 3 aromatic rings. The predicted octanol–water partition coefficient (Wildman–Crippen LogP) is 4.21. The zero-order valence-corrected chi connectivity index (χ0v) is 19.1. The smallest absolute Gasteiger partial charge is 0.325 e. The van der Waals surface area contributed by atoms with E-state index in [1.807, 2.05) is 4.90 Å². The molecule has 2 heterocycles. The molecule has 8 nitrogen and oxygen atoms in total. The number of aromatic nitrogens is 1. The molecule has 0 bridgehead atoms. The van der Waals surface area contributed by atoms with Crippen molar-refractivity contribution < 1.29 is 18.7 Å². The highest BCUT2D eigenvalue weighted by Gasteiger charge is 2.26. The van der Waals surface area contributed by atoms with Crippen LogP contribution in [0, 0.1) is 12.7 Å². The number of piperazine rings is 1. The normalized spacial score (nSPS) is 13.5. The molecule has 1 aromatic heterocycles. The molecule has 33 heavy (non-hydrogen) atoms.